The zero-order valence-corrected chi connectivity index (χ0v) is 10.5. The molecule has 0 heterocycles. The van der Waals surface area contributed by atoms with Crippen molar-refractivity contribution in [2.45, 2.75) is 0 Å². The van der Waals surface area contributed by atoms with Gasteiger partial charge in [0.05, 0.1) is 17.7 Å². The number of aromatic carboxylic acids is 1. The smallest absolute Gasteiger partial charge is 0.335 e. The number of hydrogen-bond donors (Lipinski definition) is 2. The Hall–Kier alpha value is -2.69. The van der Waals surface area contributed by atoms with Crippen LogP contribution in [0.15, 0.2) is 48.5 Å². The molecule has 2 N–H and O–H groups in total. The van der Waals surface area contributed by atoms with Gasteiger partial charge in [-0.25, -0.2) is 9.18 Å². The fourth-order valence-corrected chi connectivity index (χ4v) is 1.70. The van der Waals surface area contributed by atoms with Crippen molar-refractivity contribution in [1.82, 2.24) is 0 Å². The third-order valence-corrected chi connectivity index (χ3v) is 2.76. The average Bonchev–Trinajstić information content (AvgIpc) is 2.45. The number of halogens is 1. The molecule has 0 saturated carbocycles. The lowest BCUT2D eigenvalue weighted by molar-refractivity contribution is 0.0696. The lowest BCUT2D eigenvalue weighted by Gasteiger charge is -2.06. The van der Waals surface area contributed by atoms with E-state index in [1.807, 2.05) is 0 Å². The predicted octanol–water partition coefficient (Wildman–Crippen LogP) is 2.82. The zero-order valence-electron chi connectivity index (χ0n) is 10.5. The minimum atomic E-state index is -1.01. The normalized spacial score (nSPS) is 10.1. The number of carbonyl (C=O) groups is 2. The second kappa shape index (κ2) is 5.97. The van der Waals surface area contributed by atoms with Crippen LogP contribution in [-0.2, 0) is 0 Å². The quantitative estimate of drug-likeness (QED) is 0.822. The van der Waals surface area contributed by atoms with Crippen molar-refractivity contribution in [2.24, 2.45) is 0 Å². The SMILES string of the molecule is O=C(O)c1ccc(NCC(=O)c2ccccc2F)cc1. The van der Waals surface area contributed by atoms with Crippen molar-refractivity contribution in [3.8, 4) is 0 Å². The summed E-state index contributed by atoms with van der Waals surface area (Å²) in [7, 11) is 0. The summed E-state index contributed by atoms with van der Waals surface area (Å²) in [6, 6.07) is 11.7. The highest BCUT2D eigenvalue weighted by molar-refractivity contribution is 5.99. The molecule has 0 fully saturated rings. The molecule has 0 atom stereocenters. The van der Waals surface area contributed by atoms with Crippen LogP contribution in [0, 0.1) is 5.82 Å². The molecule has 0 amide bonds. The molecule has 0 aliphatic carbocycles. The van der Waals surface area contributed by atoms with Crippen LogP contribution < -0.4 is 5.32 Å². The van der Waals surface area contributed by atoms with Gasteiger partial charge in [0, 0.05) is 5.69 Å². The Balaban J connectivity index is 2.00. The minimum Gasteiger partial charge on any atom is -0.478 e. The first-order chi connectivity index (χ1) is 9.58. The summed E-state index contributed by atoms with van der Waals surface area (Å²) in [5, 5.41) is 11.6. The van der Waals surface area contributed by atoms with E-state index in [0.29, 0.717) is 5.69 Å². The molecule has 0 bridgehead atoms. The van der Waals surface area contributed by atoms with Crippen LogP contribution in [-0.4, -0.2) is 23.4 Å². The highest BCUT2D eigenvalue weighted by Crippen LogP contribution is 2.11. The summed E-state index contributed by atoms with van der Waals surface area (Å²) in [6.07, 6.45) is 0. The summed E-state index contributed by atoms with van der Waals surface area (Å²) in [5.41, 5.74) is 0.790. The van der Waals surface area contributed by atoms with E-state index in [1.54, 1.807) is 18.2 Å². The Labute approximate surface area is 114 Å². The molecular weight excluding hydrogens is 261 g/mol. The minimum absolute atomic E-state index is 0.0298. The third-order valence-electron chi connectivity index (χ3n) is 2.76. The van der Waals surface area contributed by atoms with E-state index in [2.05, 4.69) is 5.32 Å². The maximum Gasteiger partial charge on any atom is 0.335 e. The fourth-order valence-electron chi connectivity index (χ4n) is 1.70. The van der Waals surface area contributed by atoms with Gasteiger partial charge < -0.3 is 10.4 Å². The molecule has 2 aromatic carbocycles. The van der Waals surface area contributed by atoms with Gasteiger partial charge in [-0.15, -0.1) is 0 Å². The standard InChI is InChI=1S/C15H12FNO3/c16-13-4-2-1-3-12(13)14(18)9-17-11-7-5-10(6-8-11)15(19)20/h1-8,17H,9H2,(H,19,20). The van der Waals surface area contributed by atoms with E-state index in [0.717, 1.165) is 0 Å². The van der Waals surface area contributed by atoms with Gasteiger partial charge in [0.2, 0.25) is 0 Å². The fraction of sp³-hybridized carbons (Fsp3) is 0.0667. The number of nitrogens with one attached hydrogen (secondary N) is 1. The number of carboxylic acids is 1. The number of benzene rings is 2. The number of rotatable bonds is 5. The number of carboxylic acid groups (broad SMARTS) is 1. The predicted molar refractivity (Wildman–Crippen MR) is 72.6 cm³/mol. The van der Waals surface area contributed by atoms with Gasteiger partial charge in [0.1, 0.15) is 5.82 Å². The molecule has 2 aromatic rings. The number of Topliss-reactive ketones (excluding diaryl/α,β-unsaturated/α-hetero) is 1. The molecule has 0 unspecified atom stereocenters. The Morgan fingerprint density at radius 2 is 1.70 bits per heavy atom. The Morgan fingerprint density at radius 1 is 1.05 bits per heavy atom. The van der Waals surface area contributed by atoms with Crippen molar-refractivity contribution in [1.29, 1.82) is 0 Å². The van der Waals surface area contributed by atoms with Crippen LogP contribution in [0.4, 0.5) is 10.1 Å². The second-order valence-corrected chi connectivity index (χ2v) is 4.14. The van der Waals surface area contributed by atoms with Crippen LogP contribution in [0.2, 0.25) is 0 Å². The molecule has 4 nitrogen and oxygen atoms in total. The van der Waals surface area contributed by atoms with Crippen molar-refractivity contribution < 1.29 is 19.1 Å². The first kappa shape index (κ1) is 13.7. The molecule has 0 aliphatic rings. The summed E-state index contributed by atoms with van der Waals surface area (Å²) in [6.45, 7) is -0.0622. The molecule has 0 aromatic heterocycles. The summed E-state index contributed by atoms with van der Waals surface area (Å²) in [5.74, 6) is -1.94. The molecule has 2 rings (SSSR count). The van der Waals surface area contributed by atoms with Gasteiger partial charge in [0.25, 0.3) is 0 Å². The Bertz CT molecular complexity index is 638. The van der Waals surface area contributed by atoms with Crippen LogP contribution in [0.5, 0.6) is 0 Å². The van der Waals surface area contributed by atoms with E-state index in [4.69, 9.17) is 5.11 Å². The monoisotopic (exact) mass is 273 g/mol. The lowest BCUT2D eigenvalue weighted by Crippen LogP contribution is -2.15. The van der Waals surface area contributed by atoms with Gasteiger partial charge in [-0.1, -0.05) is 12.1 Å². The summed E-state index contributed by atoms with van der Waals surface area (Å²) in [4.78, 5) is 22.5. The van der Waals surface area contributed by atoms with E-state index in [1.165, 1.54) is 30.3 Å². The van der Waals surface area contributed by atoms with Crippen LogP contribution in [0.25, 0.3) is 0 Å². The molecule has 0 saturated heterocycles. The highest BCUT2D eigenvalue weighted by atomic mass is 19.1. The van der Waals surface area contributed by atoms with Crippen molar-refractivity contribution in [3.05, 3.63) is 65.5 Å². The number of carbonyl (C=O) groups excluding carboxylic acids is 1. The number of ketones is 1. The van der Waals surface area contributed by atoms with E-state index < -0.39 is 11.8 Å². The van der Waals surface area contributed by atoms with Gasteiger partial charge in [0.15, 0.2) is 5.78 Å². The topological polar surface area (TPSA) is 66.4 Å². The zero-order chi connectivity index (χ0) is 14.5. The summed E-state index contributed by atoms with van der Waals surface area (Å²) >= 11 is 0. The Kier molecular flexibility index (Phi) is 4.10. The average molecular weight is 273 g/mol. The molecule has 0 aliphatic heterocycles. The molecule has 20 heavy (non-hydrogen) atoms. The molecule has 5 heteroatoms. The van der Waals surface area contributed by atoms with Crippen LogP contribution in [0.3, 0.4) is 0 Å². The van der Waals surface area contributed by atoms with Gasteiger partial charge >= 0.3 is 5.97 Å². The third kappa shape index (κ3) is 3.20. The molecule has 0 spiro atoms. The van der Waals surface area contributed by atoms with Gasteiger partial charge in [-0.3, -0.25) is 4.79 Å². The van der Waals surface area contributed by atoms with Crippen molar-refractivity contribution in [3.63, 3.8) is 0 Å². The maximum absolute atomic E-state index is 13.4. The van der Waals surface area contributed by atoms with Gasteiger partial charge in [-0.05, 0) is 36.4 Å². The molecular formula is C15H12FNO3. The second-order valence-electron chi connectivity index (χ2n) is 4.14. The van der Waals surface area contributed by atoms with E-state index in [9.17, 15) is 14.0 Å². The first-order valence-electron chi connectivity index (χ1n) is 5.93. The molecule has 102 valence electrons. The van der Waals surface area contributed by atoms with Crippen LogP contribution >= 0.6 is 0 Å². The first-order valence-corrected chi connectivity index (χ1v) is 5.93. The van der Waals surface area contributed by atoms with Gasteiger partial charge in [-0.2, -0.15) is 0 Å². The van der Waals surface area contributed by atoms with E-state index >= 15 is 0 Å². The van der Waals surface area contributed by atoms with Crippen LogP contribution in [0.1, 0.15) is 20.7 Å². The highest BCUT2D eigenvalue weighted by Gasteiger charge is 2.10. The van der Waals surface area contributed by atoms with E-state index in [-0.39, 0.29) is 23.5 Å². The lowest BCUT2D eigenvalue weighted by atomic mass is 10.1. The van der Waals surface area contributed by atoms with Crippen molar-refractivity contribution in [2.75, 3.05) is 11.9 Å². The number of hydrogen-bond acceptors (Lipinski definition) is 3. The largest absolute Gasteiger partial charge is 0.478 e. The van der Waals surface area contributed by atoms with Crippen molar-refractivity contribution >= 4 is 17.4 Å². The summed E-state index contributed by atoms with van der Waals surface area (Å²) < 4.78 is 13.4. The Morgan fingerprint density at radius 3 is 2.30 bits per heavy atom. The number of anilines is 1. The molecule has 0 radical (unpaired) electrons. The maximum atomic E-state index is 13.4.